The highest BCUT2D eigenvalue weighted by molar-refractivity contribution is 6.31. The lowest BCUT2D eigenvalue weighted by Gasteiger charge is -2.14. The van der Waals surface area contributed by atoms with Gasteiger partial charge in [-0.1, -0.05) is 47.1 Å². The van der Waals surface area contributed by atoms with Crippen LogP contribution in [-0.2, 0) is 9.63 Å². The predicted octanol–water partition coefficient (Wildman–Crippen LogP) is 3.35. The van der Waals surface area contributed by atoms with E-state index in [1.165, 1.54) is 4.90 Å². The molecule has 1 N–H and O–H groups in total. The number of nitrogens with zero attached hydrogens (tertiary/aromatic N) is 2. The van der Waals surface area contributed by atoms with Crippen molar-refractivity contribution in [3.05, 3.63) is 65.2 Å². The van der Waals surface area contributed by atoms with Crippen molar-refractivity contribution in [3.8, 4) is 0 Å². The largest absolute Gasteiger partial charge is 0.391 e. The van der Waals surface area contributed by atoms with Gasteiger partial charge >= 0.3 is 6.03 Å². The van der Waals surface area contributed by atoms with E-state index in [1.807, 2.05) is 30.3 Å². The Bertz CT molecular complexity index is 960. The number of halogens is 1. The third kappa shape index (κ3) is 2.51. The molecule has 7 heteroatoms. The van der Waals surface area contributed by atoms with Crippen molar-refractivity contribution < 1.29 is 14.4 Å². The summed E-state index contributed by atoms with van der Waals surface area (Å²) in [6.45, 7) is 0. The fourth-order valence-electron chi connectivity index (χ4n) is 3.96. The Labute approximate surface area is 160 Å². The van der Waals surface area contributed by atoms with Crippen molar-refractivity contribution in [2.45, 2.75) is 24.5 Å². The zero-order chi connectivity index (χ0) is 18.6. The number of imide groups is 1. The van der Waals surface area contributed by atoms with E-state index in [1.54, 1.807) is 24.3 Å². The highest BCUT2D eigenvalue weighted by atomic mass is 35.5. The summed E-state index contributed by atoms with van der Waals surface area (Å²) in [5.74, 6) is -0.326. The van der Waals surface area contributed by atoms with Crippen molar-refractivity contribution in [3.63, 3.8) is 0 Å². The van der Waals surface area contributed by atoms with Gasteiger partial charge in [0.25, 0.3) is 5.91 Å². The number of rotatable bonds is 3. The molecule has 2 aliphatic heterocycles. The minimum Gasteiger partial charge on any atom is -0.391 e. The van der Waals surface area contributed by atoms with Crippen LogP contribution in [0.5, 0.6) is 0 Å². The second-order valence-electron chi connectivity index (χ2n) is 7.08. The summed E-state index contributed by atoms with van der Waals surface area (Å²) in [7, 11) is 0. The van der Waals surface area contributed by atoms with Gasteiger partial charge in [-0.3, -0.25) is 4.79 Å². The number of carbonyl (C=O) groups excluding carboxylic acids is 2. The average molecular weight is 382 g/mol. The van der Waals surface area contributed by atoms with Gasteiger partial charge < -0.3 is 10.2 Å². The van der Waals surface area contributed by atoms with E-state index >= 15 is 0 Å². The standard InChI is InChI=1S/C20H16ClN3O3/c21-13-6-8-14(9-7-13)24-18(25)20(22-19(24)26)11-15(20)17-10-16(23-27-17)12-4-2-1-3-5-12/h1-9,15,17H,10-11H2,(H,22,26)/t15-,17+,20+/m1/s1. The number of anilines is 1. The Hall–Kier alpha value is -2.86. The smallest absolute Gasteiger partial charge is 0.329 e. The first-order valence-corrected chi connectivity index (χ1v) is 9.17. The summed E-state index contributed by atoms with van der Waals surface area (Å²) in [4.78, 5) is 32.3. The van der Waals surface area contributed by atoms with Gasteiger partial charge in [-0.15, -0.1) is 0 Å². The van der Waals surface area contributed by atoms with Crippen LogP contribution in [0.2, 0.25) is 5.02 Å². The second kappa shape index (κ2) is 5.82. The maximum absolute atomic E-state index is 13.0. The monoisotopic (exact) mass is 381 g/mol. The maximum Gasteiger partial charge on any atom is 0.329 e. The molecule has 3 amide bonds. The Morgan fingerprint density at radius 1 is 1.11 bits per heavy atom. The van der Waals surface area contributed by atoms with Crippen LogP contribution < -0.4 is 10.2 Å². The Morgan fingerprint density at radius 2 is 1.85 bits per heavy atom. The van der Waals surface area contributed by atoms with Gasteiger partial charge in [-0.2, -0.15) is 0 Å². The molecule has 3 aliphatic rings. The molecule has 1 saturated carbocycles. The van der Waals surface area contributed by atoms with Gasteiger partial charge in [0.1, 0.15) is 11.6 Å². The minimum atomic E-state index is -0.886. The number of oxime groups is 1. The number of amides is 3. The van der Waals surface area contributed by atoms with Crippen molar-refractivity contribution in [2.24, 2.45) is 11.1 Å². The van der Waals surface area contributed by atoms with E-state index in [0.29, 0.717) is 23.6 Å². The Kier molecular flexibility index (Phi) is 3.52. The average Bonchev–Trinajstić information content (AvgIpc) is 3.08. The van der Waals surface area contributed by atoms with Crippen LogP contribution in [0.4, 0.5) is 10.5 Å². The highest BCUT2D eigenvalue weighted by Crippen LogP contribution is 2.52. The molecule has 1 aliphatic carbocycles. The molecular weight excluding hydrogens is 366 g/mol. The highest BCUT2D eigenvalue weighted by Gasteiger charge is 2.70. The zero-order valence-corrected chi connectivity index (χ0v) is 15.0. The van der Waals surface area contributed by atoms with E-state index in [-0.39, 0.29) is 17.9 Å². The van der Waals surface area contributed by atoms with Gasteiger partial charge in [0.2, 0.25) is 0 Å². The topological polar surface area (TPSA) is 71.0 Å². The lowest BCUT2D eigenvalue weighted by molar-refractivity contribution is -0.120. The fourth-order valence-corrected chi connectivity index (χ4v) is 4.08. The first-order valence-electron chi connectivity index (χ1n) is 8.79. The van der Waals surface area contributed by atoms with Crippen LogP contribution >= 0.6 is 11.6 Å². The van der Waals surface area contributed by atoms with Crippen LogP contribution in [0.25, 0.3) is 0 Å². The molecule has 5 rings (SSSR count). The predicted molar refractivity (Wildman–Crippen MR) is 101 cm³/mol. The van der Waals surface area contributed by atoms with Crippen LogP contribution in [0.1, 0.15) is 18.4 Å². The third-order valence-electron chi connectivity index (χ3n) is 5.47. The van der Waals surface area contributed by atoms with Gasteiger partial charge in [0, 0.05) is 17.4 Å². The van der Waals surface area contributed by atoms with Gasteiger partial charge in [-0.25, -0.2) is 9.69 Å². The molecule has 2 heterocycles. The Morgan fingerprint density at radius 3 is 2.59 bits per heavy atom. The normalized spacial score (nSPS) is 28.9. The first-order chi connectivity index (χ1) is 13.1. The SMILES string of the molecule is O=C1N[C@]2(C[C@@H]2[C@@H]2CC(c3ccccc3)=NO2)C(=O)N1c1ccc(Cl)cc1. The summed E-state index contributed by atoms with van der Waals surface area (Å²) >= 11 is 5.90. The molecule has 0 unspecified atom stereocenters. The zero-order valence-electron chi connectivity index (χ0n) is 14.3. The molecule has 0 aromatic heterocycles. The summed E-state index contributed by atoms with van der Waals surface area (Å²) in [5.41, 5.74) is 1.51. The number of carbonyl (C=O) groups is 2. The summed E-state index contributed by atoms with van der Waals surface area (Å²) in [6.07, 6.45) is 0.972. The van der Waals surface area contributed by atoms with Crippen molar-refractivity contribution in [1.29, 1.82) is 0 Å². The van der Waals surface area contributed by atoms with E-state index < -0.39 is 11.6 Å². The van der Waals surface area contributed by atoms with Crippen LogP contribution in [-0.4, -0.2) is 29.3 Å². The first kappa shape index (κ1) is 16.3. The quantitative estimate of drug-likeness (QED) is 0.829. The molecule has 2 aromatic rings. The molecule has 1 saturated heterocycles. The molecule has 2 aromatic carbocycles. The summed E-state index contributed by atoms with van der Waals surface area (Å²) in [5, 5.41) is 7.62. The molecule has 6 nitrogen and oxygen atoms in total. The lowest BCUT2D eigenvalue weighted by Crippen LogP contribution is -2.37. The number of hydrogen-bond acceptors (Lipinski definition) is 4. The van der Waals surface area contributed by atoms with Gasteiger partial charge in [-0.05, 0) is 36.2 Å². The molecule has 0 bridgehead atoms. The van der Waals surface area contributed by atoms with Crippen LogP contribution in [0, 0.1) is 5.92 Å². The molecular formula is C20H16ClN3O3. The van der Waals surface area contributed by atoms with E-state index in [2.05, 4.69) is 10.5 Å². The number of benzene rings is 2. The van der Waals surface area contributed by atoms with Crippen molar-refractivity contribution >= 4 is 34.9 Å². The maximum atomic E-state index is 13.0. The lowest BCUT2D eigenvalue weighted by atomic mass is 10.0. The number of urea groups is 1. The van der Waals surface area contributed by atoms with E-state index in [4.69, 9.17) is 16.4 Å². The molecule has 3 atom stereocenters. The third-order valence-corrected chi connectivity index (χ3v) is 5.72. The molecule has 1 spiro atoms. The number of nitrogens with one attached hydrogen (secondary N) is 1. The molecule has 0 radical (unpaired) electrons. The van der Waals surface area contributed by atoms with Gasteiger partial charge in [0.15, 0.2) is 0 Å². The Balaban J connectivity index is 1.33. The summed E-state index contributed by atoms with van der Waals surface area (Å²) in [6, 6.07) is 16.1. The number of hydrogen-bond donors (Lipinski definition) is 1. The van der Waals surface area contributed by atoms with Crippen molar-refractivity contribution in [1.82, 2.24) is 5.32 Å². The second-order valence-corrected chi connectivity index (χ2v) is 7.52. The van der Waals surface area contributed by atoms with Gasteiger partial charge in [0.05, 0.1) is 11.4 Å². The minimum absolute atomic E-state index is 0.0868. The summed E-state index contributed by atoms with van der Waals surface area (Å²) < 4.78 is 0. The van der Waals surface area contributed by atoms with E-state index in [0.717, 1.165) is 11.3 Å². The van der Waals surface area contributed by atoms with Crippen molar-refractivity contribution in [2.75, 3.05) is 4.90 Å². The van der Waals surface area contributed by atoms with E-state index in [9.17, 15) is 9.59 Å². The van der Waals surface area contributed by atoms with Crippen LogP contribution in [0.15, 0.2) is 59.8 Å². The molecule has 2 fully saturated rings. The fraction of sp³-hybridized carbons (Fsp3) is 0.250. The van der Waals surface area contributed by atoms with Crippen LogP contribution in [0.3, 0.4) is 0 Å². The molecule has 136 valence electrons. The molecule has 27 heavy (non-hydrogen) atoms.